The summed E-state index contributed by atoms with van der Waals surface area (Å²) in [6.45, 7) is 4.82. The average Bonchev–Trinajstić information content (AvgIpc) is 3.44. The van der Waals surface area contributed by atoms with Crippen molar-refractivity contribution >= 4 is 23.2 Å². The Hall–Kier alpha value is -4.78. The molecule has 0 radical (unpaired) electrons. The summed E-state index contributed by atoms with van der Waals surface area (Å²) in [6, 6.07) is 0.162. The number of aromatic nitrogens is 4. The summed E-state index contributed by atoms with van der Waals surface area (Å²) in [5.41, 5.74) is 0.421. The number of nitrogens with one attached hydrogen (secondary N) is 2. The van der Waals surface area contributed by atoms with Crippen LogP contribution < -0.4 is 10.6 Å². The Balaban J connectivity index is 1.57. The fourth-order valence-electron chi connectivity index (χ4n) is 3.32. The van der Waals surface area contributed by atoms with Gasteiger partial charge < -0.3 is 15.2 Å². The molecule has 0 spiro atoms. The molecule has 7 heteroatoms. The van der Waals surface area contributed by atoms with Crippen LogP contribution in [0.2, 0.25) is 0 Å². The molecule has 2 N–H and O–H groups in total. The lowest BCUT2D eigenvalue weighted by Crippen LogP contribution is -2.13. The van der Waals surface area contributed by atoms with Crippen LogP contribution >= 0.6 is 0 Å². The summed E-state index contributed by atoms with van der Waals surface area (Å²) in [7, 11) is 0. The molecule has 5 rings (SSSR count). The molecule has 0 atom stereocenters. The third-order valence-corrected chi connectivity index (χ3v) is 5.04. The van der Waals surface area contributed by atoms with E-state index in [9.17, 15) is 4.79 Å². The van der Waals surface area contributed by atoms with Crippen molar-refractivity contribution in [1.82, 2.24) is 19.5 Å². The third kappa shape index (κ3) is 5.15. The Morgan fingerprint density at radius 3 is 2.75 bits per heavy atom. The smallest absolute Gasteiger partial charge is 0.255 e. The fraction of sp³-hybridized carbons (Fsp3) is 0.103. The van der Waals surface area contributed by atoms with Gasteiger partial charge >= 0.3 is 0 Å². The highest BCUT2D eigenvalue weighted by Gasteiger charge is 2.12. The van der Waals surface area contributed by atoms with Gasteiger partial charge in [0.25, 0.3) is 5.91 Å². The fourth-order valence-corrected chi connectivity index (χ4v) is 3.32. The second-order valence-corrected chi connectivity index (χ2v) is 7.87. The second kappa shape index (κ2) is 9.84. The zero-order chi connectivity index (χ0) is 33.8. The van der Waals surface area contributed by atoms with Crippen molar-refractivity contribution in [2.45, 2.75) is 20.8 Å². The predicted molar refractivity (Wildman–Crippen MR) is 143 cm³/mol. The molecule has 178 valence electrons. The van der Waals surface area contributed by atoms with Crippen LogP contribution in [0.25, 0.3) is 16.9 Å². The van der Waals surface area contributed by atoms with Crippen LogP contribution in [-0.2, 0) is 0 Å². The first-order chi connectivity index (χ1) is 21.6. The van der Waals surface area contributed by atoms with Gasteiger partial charge in [-0.15, -0.1) is 0 Å². The maximum atomic E-state index is 13.7. The lowest BCUT2D eigenvalue weighted by atomic mass is 10.1. The molecule has 0 aliphatic carbocycles. The van der Waals surface area contributed by atoms with Gasteiger partial charge in [-0.2, -0.15) is 0 Å². The highest BCUT2D eigenvalue weighted by atomic mass is 16.1. The Morgan fingerprint density at radius 2 is 1.92 bits per heavy atom. The van der Waals surface area contributed by atoms with E-state index in [0.717, 1.165) is 5.56 Å². The van der Waals surface area contributed by atoms with Crippen molar-refractivity contribution in [2.75, 3.05) is 10.6 Å². The van der Waals surface area contributed by atoms with E-state index in [-0.39, 0.29) is 69.6 Å². The zero-order valence-electron chi connectivity index (χ0n) is 29.6. The number of anilines is 3. The number of carbonyl (C=O) groups is 1. The minimum absolute atomic E-state index is 0.0340. The largest absolute Gasteiger partial charge is 0.324 e. The number of hydrogen-bond acceptors (Lipinski definition) is 5. The minimum Gasteiger partial charge on any atom is -0.324 e. The van der Waals surface area contributed by atoms with Gasteiger partial charge in [-0.05, 0) is 91.9 Å². The second-order valence-electron chi connectivity index (χ2n) is 7.87. The molecule has 0 saturated carbocycles. The molecular weight excluding hydrogens is 448 g/mol. The molecule has 5 aromatic rings. The average molecular weight is 485 g/mol. The highest BCUT2D eigenvalue weighted by molar-refractivity contribution is 6.05. The first kappa shape index (κ1) is 13.9. The van der Waals surface area contributed by atoms with Crippen LogP contribution in [0.5, 0.6) is 0 Å². The molecule has 3 heterocycles. The summed E-state index contributed by atoms with van der Waals surface area (Å²) in [6.07, 6.45) is 3.69. The molecule has 0 saturated heterocycles. The Labute approximate surface area is 224 Å². The molecule has 2 aromatic carbocycles. The van der Waals surface area contributed by atoms with Gasteiger partial charge in [0, 0.05) is 59.1 Å². The molecule has 0 bridgehead atoms. The monoisotopic (exact) mass is 484 g/mol. The van der Waals surface area contributed by atoms with E-state index in [1.807, 2.05) is 6.92 Å². The number of rotatable bonds is 6. The molecule has 0 fully saturated rings. The number of pyridine rings is 1. The summed E-state index contributed by atoms with van der Waals surface area (Å²) < 4.78 is 85.1. The number of aryl methyl sites for hydroxylation is 1. The van der Waals surface area contributed by atoms with Crippen molar-refractivity contribution in [3.63, 3.8) is 0 Å². The summed E-state index contributed by atoms with van der Waals surface area (Å²) >= 11 is 0. The van der Waals surface area contributed by atoms with E-state index >= 15 is 0 Å². The molecule has 3 aromatic heterocycles. The van der Waals surface area contributed by atoms with E-state index in [1.165, 1.54) is 26.1 Å². The van der Waals surface area contributed by atoms with Crippen LogP contribution in [0.3, 0.4) is 0 Å². The highest BCUT2D eigenvalue weighted by Crippen LogP contribution is 2.24. The third-order valence-electron chi connectivity index (χ3n) is 5.04. The lowest BCUT2D eigenvalue weighted by Gasteiger charge is -2.13. The number of amides is 1. The molecule has 36 heavy (non-hydrogen) atoms. The normalized spacial score (nSPS) is 14.6. The van der Waals surface area contributed by atoms with E-state index < -0.39 is 48.0 Å². The Bertz CT molecular complexity index is 2080. The van der Waals surface area contributed by atoms with Gasteiger partial charge in [-0.25, -0.2) is 9.97 Å². The number of carbonyl (C=O) groups excluding carboxylic acids is 1. The predicted octanol–water partition coefficient (Wildman–Crippen LogP) is 6.25. The Kier molecular flexibility index (Phi) is 3.81. The van der Waals surface area contributed by atoms with Crippen LogP contribution in [0.1, 0.15) is 40.8 Å². The van der Waals surface area contributed by atoms with Crippen molar-refractivity contribution < 1.29 is 18.5 Å². The molecule has 0 aliphatic rings. The Morgan fingerprint density at radius 1 is 1.03 bits per heavy atom. The zero-order valence-corrected chi connectivity index (χ0v) is 19.6. The van der Waals surface area contributed by atoms with E-state index in [0.29, 0.717) is 0 Å². The van der Waals surface area contributed by atoms with Gasteiger partial charge in [0.2, 0.25) is 5.95 Å². The molecule has 1 amide bonds. The van der Waals surface area contributed by atoms with Gasteiger partial charge in [0.1, 0.15) is 0 Å². The molecular formula is C29H26N6O. The molecule has 7 nitrogen and oxygen atoms in total. The number of benzene rings is 2. The summed E-state index contributed by atoms with van der Waals surface area (Å²) in [5.74, 6) is -1.16. The van der Waals surface area contributed by atoms with E-state index in [1.54, 1.807) is 23.0 Å². The van der Waals surface area contributed by atoms with E-state index in [2.05, 4.69) is 25.6 Å². The lowest BCUT2D eigenvalue weighted by molar-refractivity contribution is 0.102. The maximum absolute atomic E-state index is 13.7. The van der Waals surface area contributed by atoms with Crippen molar-refractivity contribution in [2.24, 2.45) is 0 Å². The van der Waals surface area contributed by atoms with E-state index in [4.69, 9.17) is 13.7 Å². The quantitative estimate of drug-likeness (QED) is 0.298. The summed E-state index contributed by atoms with van der Waals surface area (Å²) in [4.78, 5) is 25.7. The maximum Gasteiger partial charge on any atom is 0.255 e. The number of nitrogens with zero attached hydrogens (tertiary/aromatic N) is 4. The topological polar surface area (TPSA) is 84.7 Å². The van der Waals surface area contributed by atoms with Crippen molar-refractivity contribution in [1.29, 1.82) is 0 Å². The molecule has 0 aliphatic heterocycles. The van der Waals surface area contributed by atoms with Gasteiger partial charge in [-0.3, -0.25) is 9.78 Å². The van der Waals surface area contributed by atoms with Crippen LogP contribution in [-0.4, -0.2) is 25.4 Å². The van der Waals surface area contributed by atoms with Gasteiger partial charge in [-0.1, -0.05) is 6.04 Å². The van der Waals surface area contributed by atoms with Crippen LogP contribution in [0.4, 0.5) is 17.3 Å². The van der Waals surface area contributed by atoms with Crippen LogP contribution in [0.15, 0.2) is 91.4 Å². The minimum atomic E-state index is -1.02. The van der Waals surface area contributed by atoms with Gasteiger partial charge in [0.15, 0.2) is 0 Å². The summed E-state index contributed by atoms with van der Waals surface area (Å²) in [5, 5.41) is 5.27. The van der Waals surface area contributed by atoms with Crippen LogP contribution in [0, 0.1) is 20.8 Å². The van der Waals surface area contributed by atoms with Crippen molar-refractivity contribution in [3.05, 3.63) is 114 Å². The number of hydrogen-bond donors (Lipinski definition) is 2. The first-order valence-electron chi connectivity index (χ1n) is 15.9. The standard InChI is InChI=1S/C29H26N6O/c1-19-9-12-35(18-19)25-14-20(2)13-24(16-25)32-28(36)22-7-6-21(3)27(15-22)34-29-31-11-8-26(33-29)23-5-4-10-30-17-23/h4-18H,1-3H3,(H,32,36)(H,31,33,34)/i4D,5D,6D,7D,10D,13D,14D,15D,16D,17D. The molecule has 0 unspecified atom stereocenters. The van der Waals surface area contributed by atoms with Gasteiger partial charge in [0.05, 0.1) is 19.4 Å². The SMILES string of the molecule is [2H]c1nc([2H])c(-c2ccnc(Nc3c([2H])c(C(=O)Nc4c([2H])c(C)c([2H])c(-n5ccc(C)c5)c4[2H])c([2H])c([2H])c3C)n2)c([2H])c1[2H]. The first-order valence-corrected chi connectivity index (χ1v) is 10.9. The van der Waals surface area contributed by atoms with Crippen molar-refractivity contribution in [3.8, 4) is 16.9 Å².